The third kappa shape index (κ3) is 3.85. The summed E-state index contributed by atoms with van der Waals surface area (Å²) < 4.78 is 14.6. The molecule has 1 amide bonds. The zero-order valence-electron chi connectivity index (χ0n) is 15.7. The van der Waals surface area contributed by atoms with Crippen LogP contribution in [0.3, 0.4) is 0 Å². The molecule has 1 aliphatic rings. The maximum Gasteiger partial charge on any atom is 0.263 e. The first-order valence-corrected chi connectivity index (χ1v) is 10.4. The predicted molar refractivity (Wildman–Crippen MR) is 109 cm³/mol. The topological polar surface area (TPSA) is 55.2 Å². The highest BCUT2D eigenvalue weighted by atomic mass is 32.1. The van der Waals surface area contributed by atoms with Gasteiger partial charge in [0.2, 0.25) is 5.91 Å². The molecule has 1 aromatic carbocycles. The van der Waals surface area contributed by atoms with E-state index in [9.17, 15) is 14.0 Å². The molecular formula is C21H22FN3O2S. The molecule has 4 rings (SSSR count). The van der Waals surface area contributed by atoms with Crippen LogP contribution in [0.15, 0.2) is 40.8 Å². The second-order valence-corrected chi connectivity index (χ2v) is 8.16. The van der Waals surface area contributed by atoms with E-state index < -0.39 is 0 Å². The average molecular weight is 399 g/mol. The summed E-state index contributed by atoms with van der Waals surface area (Å²) in [6.45, 7) is 3.52. The Morgan fingerprint density at radius 1 is 1.32 bits per heavy atom. The summed E-state index contributed by atoms with van der Waals surface area (Å²) in [4.78, 5) is 32.7. The van der Waals surface area contributed by atoms with Gasteiger partial charge in [0.1, 0.15) is 17.2 Å². The van der Waals surface area contributed by atoms with Gasteiger partial charge in [-0.2, -0.15) is 0 Å². The summed E-state index contributed by atoms with van der Waals surface area (Å²) in [6.07, 6.45) is 4.70. The van der Waals surface area contributed by atoms with Crippen LogP contribution in [0.4, 0.5) is 4.39 Å². The lowest BCUT2D eigenvalue weighted by molar-refractivity contribution is -0.132. The van der Waals surface area contributed by atoms with Crippen LogP contribution in [-0.4, -0.2) is 33.4 Å². The number of hydrogen-bond donors (Lipinski definition) is 0. The average Bonchev–Trinajstić information content (AvgIpc) is 3.40. The van der Waals surface area contributed by atoms with Crippen molar-refractivity contribution in [3.05, 3.63) is 52.1 Å². The molecule has 0 saturated heterocycles. The number of nitrogens with zero attached hydrogens (tertiary/aromatic N) is 3. The van der Waals surface area contributed by atoms with Gasteiger partial charge in [0, 0.05) is 24.0 Å². The van der Waals surface area contributed by atoms with Crippen molar-refractivity contribution in [3.8, 4) is 11.1 Å². The normalized spacial score (nSPS) is 13.8. The lowest BCUT2D eigenvalue weighted by Crippen LogP contribution is -2.38. The summed E-state index contributed by atoms with van der Waals surface area (Å²) >= 11 is 1.37. The fourth-order valence-corrected chi connectivity index (χ4v) is 4.27. The number of rotatable bonds is 7. The Morgan fingerprint density at radius 3 is 2.75 bits per heavy atom. The van der Waals surface area contributed by atoms with E-state index in [1.54, 1.807) is 12.1 Å². The van der Waals surface area contributed by atoms with Crippen LogP contribution >= 0.6 is 11.3 Å². The summed E-state index contributed by atoms with van der Waals surface area (Å²) in [5, 5.41) is 2.34. The molecular weight excluding hydrogens is 377 g/mol. The first-order valence-electron chi connectivity index (χ1n) is 9.57. The SMILES string of the molecule is CCCN(CC1CC1)C(=O)Cn1cnc2scc(-c3ccc(F)cc3)c2c1=O. The van der Waals surface area contributed by atoms with Gasteiger partial charge in [0.25, 0.3) is 5.56 Å². The van der Waals surface area contributed by atoms with Crippen LogP contribution in [0, 0.1) is 11.7 Å². The quantitative estimate of drug-likeness (QED) is 0.605. The largest absolute Gasteiger partial charge is 0.341 e. The fourth-order valence-electron chi connectivity index (χ4n) is 3.37. The Hall–Kier alpha value is -2.54. The molecule has 3 aromatic rings. The van der Waals surface area contributed by atoms with Crippen molar-refractivity contribution in [2.24, 2.45) is 5.92 Å². The van der Waals surface area contributed by atoms with Crippen LogP contribution in [-0.2, 0) is 11.3 Å². The molecule has 0 bridgehead atoms. The molecule has 2 heterocycles. The molecule has 0 unspecified atom stereocenters. The third-order valence-corrected chi connectivity index (χ3v) is 5.93. The Bertz CT molecular complexity index is 1050. The first-order chi connectivity index (χ1) is 13.6. The second kappa shape index (κ2) is 7.83. The minimum Gasteiger partial charge on any atom is -0.341 e. The highest BCUT2D eigenvalue weighted by Gasteiger charge is 2.26. The number of amides is 1. The molecule has 0 radical (unpaired) electrons. The number of carbonyl (C=O) groups excluding carboxylic acids is 1. The van der Waals surface area contributed by atoms with Gasteiger partial charge in [-0.15, -0.1) is 11.3 Å². The van der Waals surface area contributed by atoms with Crippen molar-refractivity contribution in [2.45, 2.75) is 32.7 Å². The van der Waals surface area contributed by atoms with Crippen molar-refractivity contribution in [1.82, 2.24) is 14.5 Å². The standard InChI is InChI=1S/C21H22FN3O2S/c1-2-9-24(10-14-3-4-14)18(26)11-25-13-23-20-19(21(25)27)17(12-28-20)15-5-7-16(22)8-6-15/h5-8,12-14H,2-4,9-11H2,1H3. The minimum atomic E-state index is -0.323. The van der Waals surface area contributed by atoms with Crippen LogP contribution in [0.2, 0.25) is 0 Å². The van der Waals surface area contributed by atoms with E-state index in [2.05, 4.69) is 4.98 Å². The van der Waals surface area contributed by atoms with E-state index in [-0.39, 0.29) is 23.8 Å². The Balaban J connectivity index is 1.65. The monoisotopic (exact) mass is 399 g/mol. The highest BCUT2D eigenvalue weighted by molar-refractivity contribution is 7.17. The van der Waals surface area contributed by atoms with Gasteiger partial charge >= 0.3 is 0 Å². The number of hydrogen-bond acceptors (Lipinski definition) is 4. The predicted octanol–water partition coefficient (Wildman–Crippen LogP) is 3.91. The van der Waals surface area contributed by atoms with E-state index in [1.165, 1.54) is 47.2 Å². The van der Waals surface area contributed by atoms with Crippen LogP contribution in [0.1, 0.15) is 26.2 Å². The maximum absolute atomic E-state index is 13.2. The molecule has 2 aromatic heterocycles. The fraction of sp³-hybridized carbons (Fsp3) is 0.381. The molecule has 0 N–H and O–H groups in total. The molecule has 7 heteroatoms. The number of aromatic nitrogens is 2. The molecule has 28 heavy (non-hydrogen) atoms. The van der Waals surface area contributed by atoms with Gasteiger partial charge in [0.15, 0.2) is 0 Å². The van der Waals surface area contributed by atoms with E-state index in [0.717, 1.165) is 24.1 Å². The smallest absolute Gasteiger partial charge is 0.263 e. The molecule has 146 valence electrons. The molecule has 0 aliphatic heterocycles. The van der Waals surface area contributed by atoms with Gasteiger partial charge < -0.3 is 4.90 Å². The molecule has 1 saturated carbocycles. The van der Waals surface area contributed by atoms with Crippen molar-refractivity contribution in [2.75, 3.05) is 13.1 Å². The van der Waals surface area contributed by atoms with Crippen LogP contribution < -0.4 is 5.56 Å². The van der Waals surface area contributed by atoms with Gasteiger partial charge in [-0.3, -0.25) is 14.2 Å². The molecule has 5 nitrogen and oxygen atoms in total. The first kappa shape index (κ1) is 18.8. The number of thiophene rings is 1. The number of carbonyl (C=O) groups is 1. The van der Waals surface area contributed by atoms with Gasteiger partial charge in [-0.05, 0) is 42.9 Å². The number of halogens is 1. The second-order valence-electron chi connectivity index (χ2n) is 7.30. The van der Waals surface area contributed by atoms with E-state index in [4.69, 9.17) is 0 Å². The summed E-state index contributed by atoms with van der Waals surface area (Å²) in [5.74, 6) is 0.237. The highest BCUT2D eigenvalue weighted by Crippen LogP contribution is 2.31. The molecule has 1 aliphatic carbocycles. The lowest BCUT2D eigenvalue weighted by Gasteiger charge is -2.22. The van der Waals surface area contributed by atoms with Crippen molar-refractivity contribution >= 4 is 27.5 Å². The number of fused-ring (bicyclic) bond motifs is 1. The maximum atomic E-state index is 13.2. The Kier molecular flexibility index (Phi) is 5.26. The molecule has 1 fully saturated rings. The summed E-state index contributed by atoms with van der Waals surface area (Å²) in [7, 11) is 0. The third-order valence-electron chi connectivity index (χ3n) is 5.04. The minimum absolute atomic E-state index is 0.00675. The molecule has 0 atom stereocenters. The van der Waals surface area contributed by atoms with E-state index in [1.807, 2.05) is 17.2 Å². The zero-order chi connectivity index (χ0) is 19.7. The van der Waals surface area contributed by atoms with E-state index >= 15 is 0 Å². The summed E-state index contributed by atoms with van der Waals surface area (Å²) in [5.41, 5.74) is 1.25. The van der Waals surface area contributed by atoms with Gasteiger partial charge in [-0.1, -0.05) is 19.1 Å². The lowest BCUT2D eigenvalue weighted by atomic mass is 10.1. The van der Waals surface area contributed by atoms with E-state index in [0.29, 0.717) is 22.7 Å². The number of benzene rings is 1. The van der Waals surface area contributed by atoms with Gasteiger partial charge in [0.05, 0.1) is 11.7 Å². The van der Waals surface area contributed by atoms with Crippen LogP contribution in [0.5, 0.6) is 0 Å². The van der Waals surface area contributed by atoms with Crippen LogP contribution in [0.25, 0.3) is 21.3 Å². The zero-order valence-corrected chi connectivity index (χ0v) is 16.5. The Labute approximate surface area is 166 Å². The van der Waals surface area contributed by atoms with Crippen molar-refractivity contribution in [3.63, 3.8) is 0 Å². The summed E-state index contributed by atoms with van der Waals surface area (Å²) in [6, 6.07) is 6.05. The Morgan fingerprint density at radius 2 is 2.07 bits per heavy atom. The van der Waals surface area contributed by atoms with Gasteiger partial charge in [-0.25, -0.2) is 9.37 Å². The molecule has 0 spiro atoms. The van der Waals surface area contributed by atoms with Crippen molar-refractivity contribution < 1.29 is 9.18 Å². The van der Waals surface area contributed by atoms with Crippen molar-refractivity contribution in [1.29, 1.82) is 0 Å².